The van der Waals surface area contributed by atoms with Crippen LogP contribution < -0.4 is 0 Å². The van der Waals surface area contributed by atoms with E-state index >= 15 is 0 Å². The van der Waals surface area contributed by atoms with Gasteiger partial charge in [0.25, 0.3) is 0 Å². The maximum atomic E-state index is 11.4. The predicted octanol–water partition coefficient (Wildman–Crippen LogP) is 3.31. The van der Waals surface area contributed by atoms with E-state index in [0.717, 1.165) is 10.8 Å². The van der Waals surface area contributed by atoms with Crippen molar-refractivity contribution in [3.8, 4) is 0 Å². The molecule has 0 bridgehead atoms. The number of carbonyl (C=O) groups excluding carboxylic acids is 1. The number of carbonyl (C=O) groups is 1. The summed E-state index contributed by atoms with van der Waals surface area (Å²) in [7, 11) is 0. The zero-order chi connectivity index (χ0) is 9.97. The normalized spacial score (nSPS) is 10.1. The summed E-state index contributed by atoms with van der Waals surface area (Å²) in [5, 5.41) is 1.93. The lowest BCUT2D eigenvalue weighted by Gasteiger charge is -2.02. The van der Waals surface area contributed by atoms with Crippen LogP contribution in [0, 0.1) is 0 Å². The molecule has 0 spiro atoms. The fourth-order valence-electron chi connectivity index (χ4n) is 1.44. The van der Waals surface area contributed by atoms with E-state index < -0.39 is 0 Å². The van der Waals surface area contributed by atoms with E-state index in [1.165, 1.54) is 0 Å². The molecule has 2 aromatic carbocycles. The second-order valence-corrected chi connectivity index (χ2v) is 3.22. The van der Waals surface area contributed by atoms with Crippen molar-refractivity contribution in [1.82, 2.24) is 0 Å². The molecule has 0 aliphatic rings. The van der Waals surface area contributed by atoms with Gasteiger partial charge in [-0.25, -0.2) is 4.79 Å². The summed E-state index contributed by atoms with van der Waals surface area (Å²) in [6.45, 7) is 0. The highest BCUT2D eigenvalue weighted by Crippen LogP contribution is 2.19. The van der Waals surface area contributed by atoms with Gasteiger partial charge in [-0.05, 0) is 16.8 Å². The first-order chi connectivity index (χ1) is 6.83. The molecule has 0 aromatic heterocycles. The van der Waals surface area contributed by atoms with E-state index in [0.29, 0.717) is 5.56 Å². The van der Waals surface area contributed by atoms with Gasteiger partial charge < -0.3 is 3.83 Å². The van der Waals surface area contributed by atoms with Crippen molar-refractivity contribution in [2.24, 2.45) is 0 Å². The van der Waals surface area contributed by atoms with Gasteiger partial charge in [0.15, 0.2) is 16.3 Å². The molecule has 3 heteroatoms. The van der Waals surface area contributed by atoms with Crippen molar-refractivity contribution in [2.75, 3.05) is 0 Å². The zero-order valence-electron chi connectivity index (χ0n) is 7.24. The van der Waals surface area contributed by atoms with Crippen LogP contribution in [-0.2, 0) is 3.83 Å². The van der Waals surface area contributed by atoms with Gasteiger partial charge in [-0.1, -0.05) is 36.4 Å². The summed E-state index contributed by atoms with van der Waals surface area (Å²) in [6, 6.07) is 13.2. The monoisotopic (exact) mass is 250 g/mol. The predicted molar refractivity (Wildman–Crippen MR) is 58.3 cm³/mol. The van der Waals surface area contributed by atoms with Crippen molar-refractivity contribution in [2.45, 2.75) is 0 Å². The van der Waals surface area contributed by atoms with Crippen LogP contribution in [0.5, 0.6) is 0 Å². The number of halogens is 1. The summed E-state index contributed by atoms with van der Waals surface area (Å²) in [6.07, 6.45) is 0. The summed E-state index contributed by atoms with van der Waals surface area (Å²) in [5.41, 5.74) is 0.569. The van der Waals surface area contributed by atoms with Crippen molar-refractivity contribution < 1.29 is 8.62 Å². The minimum absolute atomic E-state index is 0.373. The van der Waals surface area contributed by atoms with E-state index in [1.807, 2.05) is 36.4 Å². The minimum atomic E-state index is -0.373. The molecule has 0 amide bonds. The average molecular weight is 251 g/mol. The summed E-state index contributed by atoms with van der Waals surface area (Å²) in [4.78, 5) is 11.4. The minimum Gasteiger partial charge on any atom is -0.380 e. The lowest BCUT2D eigenvalue weighted by molar-refractivity contribution is 0.0784. The average Bonchev–Trinajstić information content (AvgIpc) is 2.27. The van der Waals surface area contributed by atoms with Crippen LogP contribution >= 0.6 is 16.3 Å². The Balaban J connectivity index is 2.71. The highest BCUT2D eigenvalue weighted by Gasteiger charge is 2.09. The van der Waals surface area contributed by atoms with E-state index in [1.54, 1.807) is 6.07 Å². The number of rotatable bonds is 1. The smallest absolute Gasteiger partial charge is 0.350 e. The van der Waals surface area contributed by atoms with Crippen LogP contribution in [-0.4, -0.2) is 5.97 Å². The van der Waals surface area contributed by atoms with E-state index in [-0.39, 0.29) is 5.97 Å². The second-order valence-electron chi connectivity index (χ2n) is 2.89. The molecule has 0 saturated heterocycles. The highest BCUT2D eigenvalue weighted by atomic mass is 79.9. The van der Waals surface area contributed by atoms with Crippen LogP contribution in [0.2, 0.25) is 0 Å². The fourth-order valence-corrected chi connectivity index (χ4v) is 1.62. The van der Waals surface area contributed by atoms with Gasteiger partial charge in [0.1, 0.15) is 0 Å². The molecule has 0 radical (unpaired) electrons. The van der Waals surface area contributed by atoms with Gasteiger partial charge in [0.05, 0.1) is 5.56 Å². The van der Waals surface area contributed by atoms with Gasteiger partial charge in [0.2, 0.25) is 0 Å². The van der Waals surface area contributed by atoms with Crippen molar-refractivity contribution in [1.29, 1.82) is 0 Å². The Bertz CT molecular complexity index is 474. The Kier molecular flexibility index (Phi) is 2.50. The molecule has 2 rings (SSSR count). The molecular weight excluding hydrogens is 244 g/mol. The van der Waals surface area contributed by atoms with E-state index in [9.17, 15) is 4.79 Å². The Labute approximate surface area is 89.9 Å². The second kappa shape index (κ2) is 3.80. The first-order valence-electron chi connectivity index (χ1n) is 4.13. The summed E-state index contributed by atoms with van der Waals surface area (Å²) >= 11 is 2.69. The molecule has 14 heavy (non-hydrogen) atoms. The van der Waals surface area contributed by atoms with Gasteiger partial charge in [-0.3, -0.25) is 0 Å². The SMILES string of the molecule is O=C(OBr)c1cccc2ccccc12. The number of hydrogen-bond acceptors (Lipinski definition) is 2. The molecule has 0 saturated carbocycles. The third kappa shape index (κ3) is 1.51. The third-order valence-corrected chi connectivity index (χ3v) is 2.37. The van der Waals surface area contributed by atoms with Crippen LogP contribution in [0.4, 0.5) is 0 Å². The number of hydrogen-bond donors (Lipinski definition) is 0. The van der Waals surface area contributed by atoms with Gasteiger partial charge in [-0.15, -0.1) is 0 Å². The molecule has 0 atom stereocenters. The molecule has 2 aromatic rings. The molecule has 70 valence electrons. The maximum Gasteiger partial charge on any atom is 0.350 e. The van der Waals surface area contributed by atoms with Crippen LogP contribution in [0.25, 0.3) is 10.8 Å². The zero-order valence-corrected chi connectivity index (χ0v) is 8.82. The Hall–Kier alpha value is -1.35. The lowest BCUT2D eigenvalue weighted by atomic mass is 10.1. The van der Waals surface area contributed by atoms with Gasteiger partial charge in [-0.2, -0.15) is 0 Å². The number of benzene rings is 2. The molecule has 0 unspecified atom stereocenters. The maximum absolute atomic E-state index is 11.4. The standard InChI is InChI=1S/C11H7BrO2/c12-14-11(13)10-7-3-5-8-4-1-2-6-9(8)10/h1-7H. The van der Waals surface area contributed by atoms with Crippen LogP contribution in [0.1, 0.15) is 10.4 Å². The molecule has 0 aliphatic carbocycles. The van der Waals surface area contributed by atoms with Crippen molar-refractivity contribution >= 4 is 33.0 Å². The highest BCUT2D eigenvalue weighted by molar-refractivity contribution is 9.06. The van der Waals surface area contributed by atoms with Crippen LogP contribution in [0.15, 0.2) is 42.5 Å². The molecule has 0 N–H and O–H groups in total. The molecular formula is C11H7BrO2. The molecule has 0 aliphatic heterocycles. The molecule has 2 nitrogen and oxygen atoms in total. The quantitative estimate of drug-likeness (QED) is 0.777. The largest absolute Gasteiger partial charge is 0.380 e. The van der Waals surface area contributed by atoms with Crippen molar-refractivity contribution in [3.63, 3.8) is 0 Å². The summed E-state index contributed by atoms with van der Waals surface area (Å²) in [5.74, 6) is -0.373. The van der Waals surface area contributed by atoms with Gasteiger partial charge >= 0.3 is 5.97 Å². The molecule has 0 heterocycles. The van der Waals surface area contributed by atoms with Crippen LogP contribution in [0.3, 0.4) is 0 Å². The molecule has 0 fully saturated rings. The topological polar surface area (TPSA) is 26.3 Å². The van der Waals surface area contributed by atoms with Gasteiger partial charge in [0, 0.05) is 0 Å². The first-order valence-corrected chi connectivity index (χ1v) is 4.78. The third-order valence-electron chi connectivity index (χ3n) is 2.08. The Morgan fingerprint density at radius 3 is 2.57 bits per heavy atom. The number of fused-ring (bicyclic) bond motifs is 1. The Morgan fingerprint density at radius 1 is 1.07 bits per heavy atom. The Morgan fingerprint density at radius 2 is 1.79 bits per heavy atom. The first kappa shape index (κ1) is 9.21. The lowest BCUT2D eigenvalue weighted by Crippen LogP contribution is -1.98. The fraction of sp³-hybridized carbons (Fsp3) is 0. The van der Waals surface area contributed by atoms with E-state index in [2.05, 4.69) is 20.1 Å². The van der Waals surface area contributed by atoms with Crippen molar-refractivity contribution in [3.05, 3.63) is 48.0 Å². The van der Waals surface area contributed by atoms with E-state index in [4.69, 9.17) is 0 Å². The summed E-state index contributed by atoms with van der Waals surface area (Å²) < 4.78 is 4.52.